The van der Waals surface area contributed by atoms with Crippen LogP contribution in [0.2, 0.25) is 0 Å². The molecule has 1 N–H and O–H groups in total. The molecule has 1 aliphatic heterocycles. The summed E-state index contributed by atoms with van der Waals surface area (Å²) in [6, 6.07) is 4.07. The lowest BCUT2D eigenvalue weighted by Gasteiger charge is -2.34. The summed E-state index contributed by atoms with van der Waals surface area (Å²) in [6.07, 6.45) is 4.59. The minimum Gasteiger partial charge on any atom is -0.384 e. The molecule has 3 heterocycles. The third-order valence-electron chi connectivity index (χ3n) is 4.95. The SMILES string of the molecule is O=S(=O)(C1CC1)N1CCN(CCCNc2ccnc3ccsc23)CC1. The molecule has 2 aromatic rings. The van der Waals surface area contributed by atoms with E-state index in [-0.39, 0.29) is 5.25 Å². The summed E-state index contributed by atoms with van der Waals surface area (Å²) < 4.78 is 27.4. The van der Waals surface area contributed by atoms with Crippen LogP contribution in [-0.2, 0) is 10.0 Å². The monoisotopic (exact) mass is 380 g/mol. The van der Waals surface area contributed by atoms with Gasteiger partial charge in [-0.2, -0.15) is 4.31 Å². The highest BCUT2D eigenvalue weighted by Crippen LogP contribution is 2.31. The zero-order chi connectivity index (χ0) is 17.3. The van der Waals surface area contributed by atoms with E-state index in [1.165, 1.54) is 4.70 Å². The summed E-state index contributed by atoms with van der Waals surface area (Å²) in [4.78, 5) is 6.72. The van der Waals surface area contributed by atoms with Crippen LogP contribution in [0.25, 0.3) is 10.2 Å². The van der Waals surface area contributed by atoms with Gasteiger partial charge in [0.25, 0.3) is 0 Å². The van der Waals surface area contributed by atoms with E-state index >= 15 is 0 Å². The molecule has 25 heavy (non-hydrogen) atoms. The molecule has 0 spiro atoms. The van der Waals surface area contributed by atoms with E-state index in [1.54, 1.807) is 15.6 Å². The first-order chi connectivity index (χ1) is 12.1. The quantitative estimate of drug-likeness (QED) is 0.746. The number of nitrogens with zero attached hydrogens (tertiary/aromatic N) is 3. The Morgan fingerprint density at radius 2 is 2.00 bits per heavy atom. The molecule has 2 aliphatic rings. The first-order valence-electron chi connectivity index (χ1n) is 8.92. The lowest BCUT2D eigenvalue weighted by atomic mass is 10.3. The Morgan fingerprint density at radius 1 is 1.20 bits per heavy atom. The molecule has 136 valence electrons. The molecule has 6 nitrogen and oxygen atoms in total. The second-order valence-electron chi connectivity index (χ2n) is 6.76. The molecule has 0 amide bonds. The second-order valence-corrected chi connectivity index (χ2v) is 9.89. The molecule has 2 aromatic heterocycles. The number of thiophene rings is 1. The van der Waals surface area contributed by atoms with E-state index in [0.29, 0.717) is 13.1 Å². The van der Waals surface area contributed by atoms with Gasteiger partial charge < -0.3 is 10.2 Å². The highest BCUT2D eigenvalue weighted by molar-refractivity contribution is 7.90. The third kappa shape index (κ3) is 3.81. The van der Waals surface area contributed by atoms with Crippen molar-refractivity contribution in [1.29, 1.82) is 0 Å². The van der Waals surface area contributed by atoms with Crippen molar-refractivity contribution >= 4 is 37.3 Å². The van der Waals surface area contributed by atoms with Crippen LogP contribution >= 0.6 is 11.3 Å². The lowest BCUT2D eigenvalue weighted by molar-refractivity contribution is 0.188. The Kier molecular flexibility index (Phi) is 4.95. The van der Waals surface area contributed by atoms with Crippen LogP contribution in [0.15, 0.2) is 23.7 Å². The number of sulfonamides is 1. The molecular formula is C17H24N4O2S2. The molecule has 0 unspecified atom stereocenters. The van der Waals surface area contributed by atoms with Gasteiger partial charge in [-0.05, 0) is 43.3 Å². The number of anilines is 1. The largest absolute Gasteiger partial charge is 0.384 e. The number of rotatable bonds is 7. The molecule has 0 atom stereocenters. The normalized spacial score (nSPS) is 20.2. The van der Waals surface area contributed by atoms with E-state index in [4.69, 9.17) is 0 Å². The molecule has 2 fully saturated rings. The number of nitrogens with one attached hydrogen (secondary N) is 1. The van der Waals surface area contributed by atoms with Crippen LogP contribution in [0.1, 0.15) is 19.3 Å². The molecule has 1 saturated heterocycles. The van der Waals surface area contributed by atoms with Crippen molar-refractivity contribution in [1.82, 2.24) is 14.2 Å². The van der Waals surface area contributed by atoms with Gasteiger partial charge in [-0.3, -0.25) is 4.98 Å². The van der Waals surface area contributed by atoms with Crippen LogP contribution in [0.3, 0.4) is 0 Å². The maximum Gasteiger partial charge on any atom is 0.217 e. The van der Waals surface area contributed by atoms with Crippen molar-refractivity contribution in [3.63, 3.8) is 0 Å². The first-order valence-corrected chi connectivity index (χ1v) is 11.3. The summed E-state index contributed by atoms with van der Waals surface area (Å²) in [6.45, 7) is 4.90. The Balaban J connectivity index is 1.20. The first kappa shape index (κ1) is 17.2. The standard InChI is InChI=1S/C17H24N4O2S2/c22-25(23,14-2-3-14)21-11-9-20(10-12-21)8-1-6-18-15-4-7-19-16-5-13-24-17(15)16/h4-5,7,13-14H,1-3,6,8-12H2,(H,18,19). The average Bonchev–Trinajstić information content (AvgIpc) is 3.38. The van der Waals surface area contributed by atoms with E-state index in [1.807, 2.05) is 18.3 Å². The van der Waals surface area contributed by atoms with Gasteiger partial charge in [-0.1, -0.05) is 0 Å². The number of piperazine rings is 1. The summed E-state index contributed by atoms with van der Waals surface area (Å²) in [5.41, 5.74) is 2.20. The minimum absolute atomic E-state index is 0.0855. The molecule has 1 saturated carbocycles. The molecule has 0 radical (unpaired) electrons. The third-order valence-corrected chi connectivity index (χ3v) is 8.28. The summed E-state index contributed by atoms with van der Waals surface area (Å²) in [5, 5.41) is 5.49. The smallest absolute Gasteiger partial charge is 0.217 e. The molecule has 8 heteroatoms. The maximum absolute atomic E-state index is 12.2. The Bertz CT molecular complexity index is 824. The number of pyridine rings is 1. The van der Waals surface area contributed by atoms with Crippen molar-refractivity contribution in [2.24, 2.45) is 0 Å². The Morgan fingerprint density at radius 3 is 2.76 bits per heavy atom. The van der Waals surface area contributed by atoms with E-state index in [9.17, 15) is 8.42 Å². The average molecular weight is 381 g/mol. The van der Waals surface area contributed by atoms with Crippen LogP contribution < -0.4 is 5.32 Å². The van der Waals surface area contributed by atoms with Crippen LogP contribution in [0.5, 0.6) is 0 Å². The zero-order valence-corrected chi connectivity index (χ0v) is 15.9. The number of aromatic nitrogens is 1. The lowest BCUT2D eigenvalue weighted by Crippen LogP contribution is -2.49. The van der Waals surface area contributed by atoms with Gasteiger partial charge in [0.2, 0.25) is 10.0 Å². The maximum atomic E-state index is 12.2. The van der Waals surface area contributed by atoms with Crippen LogP contribution in [-0.4, -0.2) is 67.1 Å². The zero-order valence-electron chi connectivity index (χ0n) is 14.2. The fourth-order valence-corrected chi connectivity index (χ4v) is 5.99. The summed E-state index contributed by atoms with van der Waals surface area (Å²) >= 11 is 1.71. The van der Waals surface area contributed by atoms with Crippen molar-refractivity contribution < 1.29 is 8.42 Å². The van der Waals surface area contributed by atoms with Gasteiger partial charge in [0.15, 0.2) is 0 Å². The van der Waals surface area contributed by atoms with Crippen molar-refractivity contribution in [2.45, 2.75) is 24.5 Å². The summed E-state index contributed by atoms with van der Waals surface area (Å²) in [5.74, 6) is 0. The van der Waals surface area contributed by atoms with Gasteiger partial charge in [-0.25, -0.2) is 8.42 Å². The van der Waals surface area contributed by atoms with Gasteiger partial charge in [0, 0.05) is 38.9 Å². The summed E-state index contributed by atoms with van der Waals surface area (Å²) in [7, 11) is -3.00. The molecular weight excluding hydrogens is 356 g/mol. The Labute approximate surface area is 152 Å². The van der Waals surface area contributed by atoms with Crippen LogP contribution in [0.4, 0.5) is 5.69 Å². The number of hydrogen-bond donors (Lipinski definition) is 1. The number of hydrogen-bond acceptors (Lipinski definition) is 6. The predicted octanol–water partition coefficient (Wildman–Crippen LogP) is 2.21. The van der Waals surface area contributed by atoms with Crippen LogP contribution in [0, 0.1) is 0 Å². The van der Waals surface area contributed by atoms with E-state index in [0.717, 1.165) is 56.6 Å². The van der Waals surface area contributed by atoms with Crippen molar-refractivity contribution in [3.05, 3.63) is 23.7 Å². The highest BCUT2D eigenvalue weighted by Gasteiger charge is 2.40. The highest BCUT2D eigenvalue weighted by atomic mass is 32.2. The van der Waals surface area contributed by atoms with Gasteiger partial charge in [0.05, 0.1) is 21.2 Å². The van der Waals surface area contributed by atoms with Gasteiger partial charge in [-0.15, -0.1) is 11.3 Å². The molecule has 4 rings (SSSR count). The molecule has 0 bridgehead atoms. The fraction of sp³-hybridized carbons (Fsp3) is 0.588. The fourth-order valence-electron chi connectivity index (χ4n) is 3.32. The minimum atomic E-state index is -3.00. The van der Waals surface area contributed by atoms with Crippen molar-refractivity contribution in [3.8, 4) is 0 Å². The topological polar surface area (TPSA) is 65.5 Å². The molecule has 0 aromatic carbocycles. The van der Waals surface area contributed by atoms with E-state index in [2.05, 4.69) is 20.6 Å². The molecule has 1 aliphatic carbocycles. The van der Waals surface area contributed by atoms with Gasteiger partial charge in [0.1, 0.15) is 0 Å². The van der Waals surface area contributed by atoms with Crippen molar-refractivity contribution in [2.75, 3.05) is 44.6 Å². The number of fused-ring (bicyclic) bond motifs is 1. The van der Waals surface area contributed by atoms with Gasteiger partial charge >= 0.3 is 0 Å². The Hall–Kier alpha value is -1.22. The predicted molar refractivity (Wildman–Crippen MR) is 103 cm³/mol. The van der Waals surface area contributed by atoms with E-state index < -0.39 is 10.0 Å². The second kappa shape index (κ2) is 7.19.